The van der Waals surface area contributed by atoms with Crippen molar-refractivity contribution in [2.45, 2.75) is 63.6 Å². The summed E-state index contributed by atoms with van der Waals surface area (Å²) in [6.45, 7) is 4.81. The average molecular weight is 226 g/mol. The molecule has 2 atom stereocenters. The molecule has 94 valence electrons. The van der Waals surface area contributed by atoms with Gasteiger partial charge in [-0.25, -0.2) is 0 Å². The highest BCUT2D eigenvalue weighted by Gasteiger charge is 2.31. The zero-order chi connectivity index (χ0) is 11.4. The van der Waals surface area contributed by atoms with Crippen molar-refractivity contribution in [1.29, 1.82) is 0 Å². The summed E-state index contributed by atoms with van der Waals surface area (Å²) in [6.07, 6.45) is 7.88. The highest BCUT2D eigenvalue weighted by atomic mass is 16.3. The Morgan fingerprint density at radius 1 is 1.25 bits per heavy atom. The summed E-state index contributed by atoms with van der Waals surface area (Å²) in [5, 5.41) is 12.7. The Hall–Kier alpha value is -0.120. The molecule has 3 nitrogen and oxygen atoms in total. The zero-order valence-electron chi connectivity index (χ0n) is 10.5. The van der Waals surface area contributed by atoms with Crippen LogP contribution in [0.15, 0.2) is 0 Å². The number of aliphatic hydroxyl groups is 1. The molecule has 1 heterocycles. The average Bonchev–Trinajstić information content (AvgIpc) is 2.33. The number of hydrogen-bond acceptors (Lipinski definition) is 3. The third kappa shape index (κ3) is 2.96. The molecule has 1 aliphatic heterocycles. The second kappa shape index (κ2) is 5.99. The molecular formula is C13H26N2O. The molecule has 1 saturated carbocycles. The van der Waals surface area contributed by atoms with E-state index in [0.717, 1.165) is 25.6 Å². The van der Waals surface area contributed by atoms with E-state index in [1.165, 1.54) is 32.1 Å². The molecule has 0 aromatic carbocycles. The van der Waals surface area contributed by atoms with Crippen molar-refractivity contribution in [1.82, 2.24) is 10.2 Å². The first-order chi connectivity index (χ1) is 7.81. The number of hydrogen-bond donors (Lipinski definition) is 2. The monoisotopic (exact) mass is 226 g/mol. The van der Waals surface area contributed by atoms with Crippen molar-refractivity contribution in [3.8, 4) is 0 Å². The number of rotatable bonds is 3. The van der Waals surface area contributed by atoms with Gasteiger partial charge in [-0.1, -0.05) is 19.3 Å². The minimum atomic E-state index is 0.323. The summed E-state index contributed by atoms with van der Waals surface area (Å²) < 4.78 is 0. The summed E-state index contributed by atoms with van der Waals surface area (Å²) in [5.41, 5.74) is 0. The molecule has 0 amide bonds. The summed E-state index contributed by atoms with van der Waals surface area (Å²) in [7, 11) is 0. The van der Waals surface area contributed by atoms with Crippen LogP contribution in [-0.4, -0.2) is 47.8 Å². The first-order valence-corrected chi connectivity index (χ1v) is 6.91. The van der Waals surface area contributed by atoms with Gasteiger partial charge in [0.05, 0.1) is 0 Å². The quantitative estimate of drug-likeness (QED) is 0.763. The van der Waals surface area contributed by atoms with Gasteiger partial charge >= 0.3 is 0 Å². The molecule has 0 spiro atoms. The highest BCUT2D eigenvalue weighted by molar-refractivity contribution is 4.89. The Morgan fingerprint density at radius 3 is 2.69 bits per heavy atom. The van der Waals surface area contributed by atoms with E-state index in [1.807, 2.05) is 0 Å². The minimum Gasteiger partial charge on any atom is -0.396 e. The summed E-state index contributed by atoms with van der Waals surface area (Å²) in [4.78, 5) is 2.68. The molecule has 2 unspecified atom stereocenters. The Balaban J connectivity index is 1.95. The fourth-order valence-electron chi connectivity index (χ4n) is 3.26. The molecular weight excluding hydrogens is 200 g/mol. The summed E-state index contributed by atoms with van der Waals surface area (Å²) >= 11 is 0. The van der Waals surface area contributed by atoms with E-state index in [4.69, 9.17) is 5.11 Å². The van der Waals surface area contributed by atoms with Crippen LogP contribution < -0.4 is 5.32 Å². The van der Waals surface area contributed by atoms with Crippen LogP contribution in [0.25, 0.3) is 0 Å². The van der Waals surface area contributed by atoms with E-state index in [1.54, 1.807) is 0 Å². The molecule has 0 aromatic heterocycles. The van der Waals surface area contributed by atoms with E-state index in [9.17, 15) is 0 Å². The highest BCUT2D eigenvalue weighted by Crippen LogP contribution is 2.26. The van der Waals surface area contributed by atoms with Crippen molar-refractivity contribution in [3.63, 3.8) is 0 Å². The van der Waals surface area contributed by atoms with Gasteiger partial charge in [-0.15, -0.1) is 0 Å². The summed E-state index contributed by atoms with van der Waals surface area (Å²) in [6, 6.07) is 1.95. The number of piperazine rings is 1. The van der Waals surface area contributed by atoms with E-state index < -0.39 is 0 Å². The molecule has 1 saturated heterocycles. The Bertz CT molecular complexity index is 199. The third-order valence-corrected chi connectivity index (χ3v) is 4.16. The number of nitrogens with one attached hydrogen (secondary N) is 1. The van der Waals surface area contributed by atoms with Crippen LogP contribution in [0.5, 0.6) is 0 Å². The lowest BCUT2D eigenvalue weighted by atomic mass is 9.91. The number of nitrogens with zero attached hydrogens (tertiary/aromatic N) is 1. The maximum atomic E-state index is 9.15. The molecule has 2 aliphatic rings. The SMILES string of the molecule is CC1CN(C2CCCCC2)C(CCO)CN1. The Morgan fingerprint density at radius 2 is 2.00 bits per heavy atom. The second-order valence-electron chi connectivity index (χ2n) is 5.46. The molecule has 2 fully saturated rings. The van der Waals surface area contributed by atoms with Crippen molar-refractivity contribution < 1.29 is 5.11 Å². The lowest BCUT2D eigenvalue weighted by Gasteiger charge is -2.45. The van der Waals surface area contributed by atoms with Crippen LogP contribution in [0.2, 0.25) is 0 Å². The van der Waals surface area contributed by atoms with Gasteiger partial charge in [0.15, 0.2) is 0 Å². The topological polar surface area (TPSA) is 35.5 Å². The first kappa shape index (κ1) is 12.3. The van der Waals surface area contributed by atoms with Crippen molar-refractivity contribution in [2.24, 2.45) is 0 Å². The molecule has 2 rings (SSSR count). The van der Waals surface area contributed by atoms with Gasteiger partial charge in [0.1, 0.15) is 0 Å². The fourth-order valence-corrected chi connectivity index (χ4v) is 3.26. The molecule has 0 bridgehead atoms. The molecule has 0 aromatic rings. The van der Waals surface area contributed by atoms with Crippen LogP contribution in [-0.2, 0) is 0 Å². The zero-order valence-corrected chi connectivity index (χ0v) is 10.5. The van der Waals surface area contributed by atoms with Gasteiger partial charge in [-0.05, 0) is 26.2 Å². The van der Waals surface area contributed by atoms with Crippen molar-refractivity contribution in [2.75, 3.05) is 19.7 Å². The molecule has 3 heteroatoms. The third-order valence-electron chi connectivity index (χ3n) is 4.16. The predicted molar refractivity (Wildman–Crippen MR) is 66.5 cm³/mol. The second-order valence-corrected chi connectivity index (χ2v) is 5.46. The minimum absolute atomic E-state index is 0.323. The predicted octanol–water partition coefficient (Wildman–Crippen LogP) is 1.36. The van der Waals surface area contributed by atoms with Crippen molar-refractivity contribution >= 4 is 0 Å². The van der Waals surface area contributed by atoms with E-state index in [0.29, 0.717) is 18.7 Å². The van der Waals surface area contributed by atoms with Crippen molar-refractivity contribution in [3.05, 3.63) is 0 Å². The Labute approximate surface area is 99.2 Å². The molecule has 0 radical (unpaired) electrons. The van der Waals surface area contributed by atoms with Gasteiger partial charge in [0, 0.05) is 37.8 Å². The van der Waals surface area contributed by atoms with Gasteiger partial charge < -0.3 is 10.4 Å². The maximum Gasteiger partial charge on any atom is 0.0446 e. The van der Waals surface area contributed by atoms with Crippen LogP contribution in [0.4, 0.5) is 0 Å². The largest absolute Gasteiger partial charge is 0.396 e. The number of aliphatic hydroxyl groups excluding tert-OH is 1. The van der Waals surface area contributed by atoms with E-state index in [-0.39, 0.29) is 0 Å². The Kier molecular flexibility index (Phi) is 4.62. The van der Waals surface area contributed by atoms with Gasteiger partial charge in [0.25, 0.3) is 0 Å². The van der Waals surface area contributed by atoms with Crippen LogP contribution in [0, 0.1) is 0 Å². The normalized spacial score (nSPS) is 34.1. The van der Waals surface area contributed by atoms with Gasteiger partial charge in [-0.2, -0.15) is 0 Å². The molecule has 2 N–H and O–H groups in total. The fraction of sp³-hybridized carbons (Fsp3) is 1.00. The van der Waals surface area contributed by atoms with Gasteiger partial charge in [-0.3, -0.25) is 4.90 Å². The van der Waals surface area contributed by atoms with E-state index in [2.05, 4.69) is 17.1 Å². The van der Waals surface area contributed by atoms with Crippen LogP contribution >= 0.6 is 0 Å². The lowest BCUT2D eigenvalue weighted by Crippen LogP contribution is -2.59. The smallest absolute Gasteiger partial charge is 0.0446 e. The first-order valence-electron chi connectivity index (χ1n) is 6.91. The maximum absolute atomic E-state index is 9.15. The van der Waals surface area contributed by atoms with Gasteiger partial charge in [0.2, 0.25) is 0 Å². The standard InChI is InChI=1S/C13H26N2O/c1-11-10-15(12-5-3-2-4-6-12)13(7-8-16)9-14-11/h11-14,16H,2-10H2,1H3. The van der Waals surface area contributed by atoms with Crippen LogP contribution in [0.1, 0.15) is 45.4 Å². The molecule has 16 heavy (non-hydrogen) atoms. The van der Waals surface area contributed by atoms with Crippen LogP contribution in [0.3, 0.4) is 0 Å². The lowest BCUT2D eigenvalue weighted by molar-refractivity contribution is 0.0515. The van der Waals surface area contributed by atoms with E-state index >= 15 is 0 Å². The molecule has 1 aliphatic carbocycles. The summed E-state index contributed by atoms with van der Waals surface area (Å²) in [5.74, 6) is 0.